The fraction of sp³-hybridized carbons (Fsp3) is 0.556. The van der Waals surface area contributed by atoms with Gasteiger partial charge in [-0.3, -0.25) is 9.59 Å². The first kappa shape index (κ1) is 25.9. The van der Waals surface area contributed by atoms with E-state index in [2.05, 4.69) is 9.88 Å². The third-order valence-corrected chi connectivity index (χ3v) is 7.30. The summed E-state index contributed by atoms with van der Waals surface area (Å²) in [5, 5.41) is 9.51. The van der Waals surface area contributed by atoms with Gasteiger partial charge in [0.1, 0.15) is 22.9 Å². The average Bonchev–Trinajstić information content (AvgIpc) is 3.55. The number of likely N-dealkylation sites (tertiary alicyclic amines) is 1. The van der Waals surface area contributed by atoms with Gasteiger partial charge in [0.2, 0.25) is 5.91 Å². The van der Waals surface area contributed by atoms with Crippen molar-refractivity contribution in [3.05, 3.63) is 42.0 Å². The minimum atomic E-state index is -0.571. The Labute approximate surface area is 222 Å². The lowest BCUT2D eigenvalue weighted by Gasteiger charge is -2.35. The number of phenols is 1. The van der Waals surface area contributed by atoms with Crippen molar-refractivity contribution in [2.45, 2.75) is 45.9 Å². The molecule has 3 amide bonds. The molecule has 0 radical (unpaired) electrons. The van der Waals surface area contributed by atoms with Crippen LogP contribution in [0.4, 0.5) is 10.5 Å². The van der Waals surface area contributed by atoms with E-state index in [0.29, 0.717) is 76.8 Å². The largest absolute Gasteiger partial charge is 0.508 e. The maximum atomic E-state index is 13.2. The summed E-state index contributed by atoms with van der Waals surface area (Å²) in [6.45, 7) is 10.4. The molecular formula is C27H36N6O5. The second-order valence-electron chi connectivity index (χ2n) is 11.2. The Morgan fingerprint density at radius 2 is 1.61 bits per heavy atom. The molecule has 2 aromatic rings. The second kappa shape index (κ2) is 10.2. The van der Waals surface area contributed by atoms with Crippen LogP contribution in [0.15, 0.2) is 30.5 Å². The number of imidazole rings is 1. The summed E-state index contributed by atoms with van der Waals surface area (Å²) in [6, 6.07) is 7.09. The topological polar surface area (TPSA) is 111 Å². The molecule has 3 aliphatic heterocycles. The van der Waals surface area contributed by atoms with Gasteiger partial charge in [-0.25, -0.2) is 9.78 Å². The molecule has 2 saturated heterocycles. The Morgan fingerprint density at radius 1 is 0.921 bits per heavy atom. The van der Waals surface area contributed by atoms with E-state index in [1.54, 1.807) is 28.1 Å². The number of hydrogen-bond donors (Lipinski definition) is 1. The average molecular weight is 525 g/mol. The van der Waals surface area contributed by atoms with Crippen molar-refractivity contribution < 1.29 is 24.2 Å². The van der Waals surface area contributed by atoms with Crippen molar-refractivity contribution in [2.75, 3.05) is 50.7 Å². The first-order valence-electron chi connectivity index (χ1n) is 13.2. The molecule has 1 aromatic heterocycles. The van der Waals surface area contributed by atoms with E-state index in [0.717, 1.165) is 5.69 Å². The minimum absolute atomic E-state index is 0.0172. The monoisotopic (exact) mass is 524 g/mol. The number of carbonyl (C=O) groups is 3. The Bertz CT molecular complexity index is 1200. The third kappa shape index (κ3) is 5.56. The lowest BCUT2D eigenvalue weighted by molar-refractivity contribution is -0.136. The fourth-order valence-electron chi connectivity index (χ4n) is 5.25. The summed E-state index contributed by atoms with van der Waals surface area (Å²) in [5.74, 6) is 0.604. The van der Waals surface area contributed by atoms with Crippen LogP contribution in [0.2, 0.25) is 0 Å². The lowest BCUT2D eigenvalue weighted by Crippen LogP contribution is -2.48. The Kier molecular flexibility index (Phi) is 6.93. The van der Waals surface area contributed by atoms with Gasteiger partial charge in [-0.1, -0.05) is 0 Å². The van der Waals surface area contributed by atoms with E-state index in [1.165, 1.54) is 0 Å². The molecule has 1 N–H and O–H groups in total. The van der Waals surface area contributed by atoms with Gasteiger partial charge in [0.25, 0.3) is 5.91 Å². The van der Waals surface area contributed by atoms with E-state index < -0.39 is 5.60 Å². The van der Waals surface area contributed by atoms with Gasteiger partial charge in [0, 0.05) is 64.2 Å². The van der Waals surface area contributed by atoms with Gasteiger partial charge >= 0.3 is 6.09 Å². The quantitative estimate of drug-likeness (QED) is 0.655. The van der Waals surface area contributed by atoms with Crippen LogP contribution in [0, 0.1) is 5.92 Å². The van der Waals surface area contributed by atoms with Gasteiger partial charge in [-0.15, -0.1) is 0 Å². The summed E-state index contributed by atoms with van der Waals surface area (Å²) in [4.78, 5) is 50.8. The molecule has 38 heavy (non-hydrogen) atoms. The molecular weight excluding hydrogens is 488 g/mol. The SMILES string of the molecule is CC(C)(C)OC(=O)N1CC[C@@H](C(=O)N2CCn3cc(C(=O)N4CCN(c5ccc(O)cc5)CC4)nc3C2)C1. The van der Waals surface area contributed by atoms with Crippen molar-refractivity contribution in [1.82, 2.24) is 24.3 Å². The van der Waals surface area contributed by atoms with E-state index in [4.69, 9.17) is 4.74 Å². The number of anilines is 1. The summed E-state index contributed by atoms with van der Waals surface area (Å²) in [5.41, 5.74) is 0.858. The van der Waals surface area contributed by atoms with Crippen LogP contribution >= 0.6 is 0 Å². The number of rotatable bonds is 3. The van der Waals surface area contributed by atoms with Crippen molar-refractivity contribution in [2.24, 2.45) is 5.92 Å². The van der Waals surface area contributed by atoms with Gasteiger partial charge in [-0.2, -0.15) is 0 Å². The number of benzene rings is 1. The summed E-state index contributed by atoms with van der Waals surface area (Å²) >= 11 is 0. The molecule has 0 spiro atoms. The maximum absolute atomic E-state index is 13.2. The minimum Gasteiger partial charge on any atom is -0.508 e. The van der Waals surface area contributed by atoms with Crippen LogP contribution in [0.25, 0.3) is 0 Å². The first-order valence-corrected chi connectivity index (χ1v) is 13.2. The third-order valence-electron chi connectivity index (χ3n) is 7.30. The number of aromatic hydroxyl groups is 1. The highest BCUT2D eigenvalue weighted by Gasteiger charge is 2.37. The first-order chi connectivity index (χ1) is 18.1. The Balaban J connectivity index is 1.15. The summed E-state index contributed by atoms with van der Waals surface area (Å²) < 4.78 is 7.41. The molecule has 5 rings (SSSR count). The maximum Gasteiger partial charge on any atom is 0.410 e. The number of piperazine rings is 1. The normalized spacial score (nSPS) is 19.9. The Hall–Kier alpha value is -3.76. The number of fused-ring (bicyclic) bond motifs is 1. The molecule has 204 valence electrons. The van der Waals surface area contributed by atoms with Crippen LogP contribution in [0.1, 0.15) is 43.5 Å². The molecule has 2 fully saturated rings. The zero-order valence-electron chi connectivity index (χ0n) is 22.3. The van der Waals surface area contributed by atoms with Crippen molar-refractivity contribution >= 4 is 23.6 Å². The predicted octanol–water partition coefficient (Wildman–Crippen LogP) is 2.15. The molecule has 0 saturated carbocycles. The highest BCUT2D eigenvalue weighted by atomic mass is 16.6. The number of nitrogens with zero attached hydrogens (tertiary/aromatic N) is 6. The molecule has 1 aromatic carbocycles. The number of carbonyl (C=O) groups excluding carboxylic acids is 3. The number of phenolic OH excluding ortho intramolecular Hbond substituents is 1. The number of ether oxygens (including phenoxy) is 1. The van der Waals surface area contributed by atoms with Crippen LogP contribution in [-0.2, 0) is 22.6 Å². The molecule has 4 heterocycles. The summed E-state index contributed by atoms with van der Waals surface area (Å²) in [7, 11) is 0. The van der Waals surface area contributed by atoms with E-state index in [9.17, 15) is 19.5 Å². The number of hydrogen-bond acceptors (Lipinski definition) is 7. The fourth-order valence-corrected chi connectivity index (χ4v) is 5.25. The van der Waals surface area contributed by atoms with Crippen LogP contribution in [0.3, 0.4) is 0 Å². The highest BCUT2D eigenvalue weighted by molar-refractivity contribution is 5.92. The Morgan fingerprint density at radius 3 is 2.29 bits per heavy atom. The van der Waals surface area contributed by atoms with E-state index in [1.807, 2.05) is 42.4 Å². The van der Waals surface area contributed by atoms with Crippen LogP contribution < -0.4 is 4.90 Å². The highest BCUT2D eigenvalue weighted by Crippen LogP contribution is 2.24. The lowest BCUT2D eigenvalue weighted by atomic mass is 10.1. The number of aromatic nitrogens is 2. The molecule has 1 atom stereocenters. The van der Waals surface area contributed by atoms with Gasteiger partial charge < -0.3 is 34.0 Å². The van der Waals surface area contributed by atoms with Gasteiger partial charge in [-0.05, 0) is 51.5 Å². The van der Waals surface area contributed by atoms with Crippen molar-refractivity contribution in [1.29, 1.82) is 0 Å². The standard InChI is InChI=1S/C27H36N6O5/c1-27(2,3)38-26(37)33-9-8-19(16-33)24(35)32-15-14-31-17-22(28-23(31)18-32)25(36)30-12-10-29(11-13-30)20-4-6-21(34)7-5-20/h4-7,17,19,34H,8-16,18H2,1-3H3/t19-/m1/s1. The van der Waals surface area contributed by atoms with Crippen LogP contribution in [-0.4, -0.2) is 98.7 Å². The molecule has 11 nitrogen and oxygen atoms in total. The number of amides is 3. The second-order valence-corrected chi connectivity index (χ2v) is 11.2. The van der Waals surface area contributed by atoms with Crippen LogP contribution in [0.5, 0.6) is 5.75 Å². The molecule has 0 bridgehead atoms. The van der Waals surface area contributed by atoms with Crippen molar-refractivity contribution in [3.8, 4) is 5.75 Å². The molecule has 11 heteroatoms. The predicted molar refractivity (Wildman–Crippen MR) is 140 cm³/mol. The van der Waals surface area contributed by atoms with Crippen molar-refractivity contribution in [3.63, 3.8) is 0 Å². The zero-order chi connectivity index (χ0) is 27.0. The van der Waals surface area contributed by atoms with E-state index >= 15 is 0 Å². The van der Waals surface area contributed by atoms with Gasteiger partial charge in [0.05, 0.1) is 12.5 Å². The van der Waals surface area contributed by atoms with Gasteiger partial charge in [0.15, 0.2) is 0 Å². The zero-order valence-corrected chi connectivity index (χ0v) is 22.3. The molecule has 0 unspecified atom stereocenters. The van der Waals surface area contributed by atoms with E-state index in [-0.39, 0.29) is 29.6 Å². The smallest absolute Gasteiger partial charge is 0.410 e. The molecule has 0 aliphatic carbocycles. The summed E-state index contributed by atoms with van der Waals surface area (Å²) in [6.07, 6.45) is 2.03. The molecule has 3 aliphatic rings.